The van der Waals surface area contributed by atoms with E-state index in [-0.39, 0.29) is 0 Å². The third kappa shape index (κ3) is 5.35. The van der Waals surface area contributed by atoms with Crippen molar-refractivity contribution in [2.75, 3.05) is 0 Å². The van der Waals surface area contributed by atoms with Gasteiger partial charge in [-0.3, -0.25) is 0 Å². The van der Waals surface area contributed by atoms with Gasteiger partial charge in [-0.15, -0.1) is 0 Å². The molecule has 230 valence electrons. The summed E-state index contributed by atoms with van der Waals surface area (Å²) >= 11 is 0. The van der Waals surface area contributed by atoms with Crippen LogP contribution >= 0.6 is 0 Å². The topological polar surface area (TPSA) is 51.8 Å². The van der Waals surface area contributed by atoms with Gasteiger partial charge < -0.3 is 4.42 Å². The number of rotatable bonds is 6. The van der Waals surface area contributed by atoms with E-state index < -0.39 is 0 Å². The minimum absolute atomic E-state index is 0.305. The molecule has 0 bridgehead atoms. The standard InChI is InChI=1S/C45H29N3O/c1-4-12-30(13-5-1)32-22-26-34(27-23-32)37-18-10-19-38-41-39(20-11-21-40(41)49-42(37)38)45-47-43(35-16-8-3-9-17-35)46-44(48-45)36-28-24-33(25-29-36)31-14-6-2-7-15-31/h1-29H/i21D. The summed E-state index contributed by atoms with van der Waals surface area (Å²) in [6.45, 7) is 0. The fourth-order valence-corrected chi connectivity index (χ4v) is 6.44. The maximum absolute atomic E-state index is 8.85. The highest BCUT2D eigenvalue weighted by atomic mass is 16.3. The van der Waals surface area contributed by atoms with Gasteiger partial charge in [0.2, 0.25) is 0 Å². The average Bonchev–Trinajstić information content (AvgIpc) is 3.60. The Hall–Kier alpha value is -6.65. The Labute approximate surface area is 285 Å². The predicted molar refractivity (Wildman–Crippen MR) is 200 cm³/mol. The fraction of sp³-hybridized carbons (Fsp3) is 0. The number of nitrogens with zero attached hydrogens (tertiary/aromatic N) is 3. The highest BCUT2D eigenvalue weighted by molar-refractivity contribution is 6.15. The van der Waals surface area contributed by atoms with E-state index in [4.69, 9.17) is 20.7 Å². The van der Waals surface area contributed by atoms with Crippen LogP contribution in [0, 0.1) is 0 Å². The Morgan fingerprint density at radius 2 is 0.816 bits per heavy atom. The molecule has 9 aromatic rings. The molecule has 2 heterocycles. The maximum atomic E-state index is 8.85. The summed E-state index contributed by atoms with van der Waals surface area (Å²) in [5.41, 5.74) is 10.4. The first-order chi connectivity index (χ1) is 24.7. The second-order valence-corrected chi connectivity index (χ2v) is 11.9. The minimum atomic E-state index is 0.305. The van der Waals surface area contributed by atoms with Crippen molar-refractivity contribution in [3.05, 3.63) is 176 Å². The Bertz CT molecular complexity index is 2620. The maximum Gasteiger partial charge on any atom is 0.164 e. The van der Waals surface area contributed by atoms with Crippen molar-refractivity contribution in [3.63, 3.8) is 0 Å². The van der Waals surface area contributed by atoms with Crippen LogP contribution in [0.5, 0.6) is 0 Å². The average molecular weight is 629 g/mol. The van der Waals surface area contributed by atoms with E-state index in [1.165, 1.54) is 5.56 Å². The summed E-state index contributed by atoms with van der Waals surface area (Å²) < 4.78 is 15.4. The Morgan fingerprint density at radius 3 is 1.41 bits per heavy atom. The number of fused-ring (bicyclic) bond motifs is 3. The van der Waals surface area contributed by atoms with Crippen LogP contribution in [-0.4, -0.2) is 15.0 Å². The zero-order valence-corrected chi connectivity index (χ0v) is 26.4. The molecule has 0 N–H and O–H groups in total. The smallest absolute Gasteiger partial charge is 0.164 e. The summed E-state index contributed by atoms with van der Waals surface area (Å²) in [5.74, 6) is 1.67. The first kappa shape index (κ1) is 27.5. The van der Waals surface area contributed by atoms with Gasteiger partial charge in [0.25, 0.3) is 0 Å². The van der Waals surface area contributed by atoms with Crippen LogP contribution in [-0.2, 0) is 0 Å². The van der Waals surface area contributed by atoms with Crippen LogP contribution in [0.3, 0.4) is 0 Å². The molecule has 49 heavy (non-hydrogen) atoms. The van der Waals surface area contributed by atoms with Gasteiger partial charge in [-0.25, -0.2) is 15.0 Å². The molecule has 7 aromatic carbocycles. The van der Waals surface area contributed by atoms with Gasteiger partial charge >= 0.3 is 0 Å². The Morgan fingerprint density at radius 1 is 0.367 bits per heavy atom. The van der Waals surface area contributed by atoms with Crippen LogP contribution in [0.2, 0.25) is 0 Å². The van der Waals surface area contributed by atoms with Crippen LogP contribution in [0.25, 0.3) is 89.5 Å². The minimum Gasteiger partial charge on any atom is -0.455 e. The molecule has 0 aliphatic carbocycles. The number of para-hydroxylation sites is 1. The zero-order chi connectivity index (χ0) is 33.4. The van der Waals surface area contributed by atoms with Gasteiger partial charge in [-0.1, -0.05) is 170 Å². The first-order valence-electron chi connectivity index (χ1n) is 16.8. The zero-order valence-electron chi connectivity index (χ0n) is 27.4. The van der Waals surface area contributed by atoms with Gasteiger partial charge in [-0.2, -0.15) is 0 Å². The Balaban J connectivity index is 1.20. The van der Waals surface area contributed by atoms with Crippen LogP contribution in [0.4, 0.5) is 0 Å². The fourth-order valence-electron chi connectivity index (χ4n) is 6.44. The number of aromatic nitrogens is 3. The first-order valence-corrected chi connectivity index (χ1v) is 16.3. The molecule has 2 aromatic heterocycles. The second-order valence-electron chi connectivity index (χ2n) is 11.9. The summed E-state index contributed by atoms with van der Waals surface area (Å²) in [7, 11) is 0. The van der Waals surface area contributed by atoms with E-state index in [1.807, 2.05) is 78.9 Å². The van der Waals surface area contributed by atoms with Gasteiger partial charge in [0.05, 0.1) is 1.37 Å². The SMILES string of the molecule is [2H]c1ccc(-c2nc(-c3ccccc3)nc(-c3ccc(-c4ccccc4)cc3)n2)c2c1oc1c(-c3ccc(-c4ccccc4)cc3)cccc12. The molecule has 0 saturated carbocycles. The van der Waals surface area contributed by atoms with Crippen molar-refractivity contribution in [1.29, 1.82) is 0 Å². The van der Waals surface area contributed by atoms with Crippen molar-refractivity contribution >= 4 is 21.9 Å². The molecule has 0 amide bonds. The van der Waals surface area contributed by atoms with Crippen molar-refractivity contribution in [3.8, 4) is 67.5 Å². The van der Waals surface area contributed by atoms with E-state index >= 15 is 0 Å². The molecule has 9 rings (SSSR count). The number of hydrogen-bond donors (Lipinski definition) is 0. The molecular weight excluding hydrogens is 599 g/mol. The molecular formula is C45H29N3O. The van der Waals surface area contributed by atoms with E-state index in [9.17, 15) is 0 Å². The van der Waals surface area contributed by atoms with Gasteiger partial charge in [0, 0.05) is 33.0 Å². The Kier molecular flexibility index (Phi) is 6.83. The largest absolute Gasteiger partial charge is 0.455 e. The normalized spacial score (nSPS) is 11.6. The number of benzene rings is 7. The van der Waals surface area contributed by atoms with Gasteiger partial charge in [-0.05, 0) is 33.9 Å². The van der Waals surface area contributed by atoms with Gasteiger partial charge in [0.15, 0.2) is 17.5 Å². The second kappa shape index (κ2) is 12.2. The van der Waals surface area contributed by atoms with Gasteiger partial charge in [0.1, 0.15) is 11.2 Å². The quantitative estimate of drug-likeness (QED) is 0.184. The molecule has 0 spiro atoms. The van der Waals surface area contributed by atoms with Crippen molar-refractivity contribution in [2.45, 2.75) is 0 Å². The molecule has 0 aliphatic rings. The van der Waals surface area contributed by atoms with Crippen molar-refractivity contribution in [2.24, 2.45) is 0 Å². The highest BCUT2D eigenvalue weighted by Gasteiger charge is 2.19. The lowest BCUT2D eigenvalue weighted by Crippen LogP contribution is -2.00. The lowest BCUT2D eigenvalue weighted by atomic mass is 9.98. The lowest BCUT2D eigenvalue weighted by Gasteiger charge is -2.10. The van der Waals surface area contributed by atoms with Crippen LogP contribution < -0.4 is 0 Å². The third-order valence-corrected chi connectivity index (χ3v) is 8.91. The highest BCUT2D eigenvalue weighted by Crippen LogP contribution is 2.40. The molecule has 0 saturated heterocycles. The van der Waals surface area contributed by atoms with E-state index in [0.717, 1.165) is 60.9 Å². The van der Waals surface area contributed by atoms with E-state index in [2.05, 4.69) is 84.9 Å². The molecule has 0 fully saturated rings. The summed E-state index contributed by atoms with van der Waals surface area (Å²) in [5, 5.41) is 1.72. The van der Waals surface area contributed by atoms with E-state index in [1.54, 1.807) is 6.07 Å². The summed E-state index contributed by atoms with van der Waals surface area (Å²) in [4.78, 5) is 15.0. The van der Waals surface area contributed by atoms with Crippen molar-refractivity contribution < 1.29 is 5.79 Å². The predicted octanol–water partition coefficient (Wildman–Crippen LogP) is 11.8. The lowest BCUT2D eigenvalue weighted by molar-refractivity contribution is 0.670. The molecule has 0 atom stereocenters. The molecule has 0 radical (unpaired) electrons. The summed E-state index contributed by atoms with van der Waals surface area (Å²) in [6, 6.07) is 57.6. The molecule has 4 heteroatoms. The van der Waals surface area contributed by atoms with Crippen LogP contribution in [0.15, 0.2) is 180 Å². The van der Waals surface area contributed by atoms with Crippen molar-refractivity contribution in [1.82, 2.24) is 15.0 Å². The number of hydrogen-bond acceptors (Lipinski definition) is 4. The molecule has 0 unspecified atom stereocenters. The monoisotopic (exact) mass is 628 g/mol. The molecule has 0 aliphatic heterocycles. The third-order valence-electron chi connectivity index (χ3n) is 8.91. The summed E-state index contributed by atoms with van der Waals surface area (Å²) in [6.07, 6.45) is 0. The van der Waals surface area contributed by atoms with Crippen LogP contribution in [0.1, 0.15) is 1.37 Å². The number of furan rings is 1. The van der Waals surface area contributed by atoms with E-state index in [0.29, 0.717) is 29.1 Å². The molecule has 4 nitrogen and oxygen atoms in total.